The average molecular weight is 338 g/mol. The summed E-state index contributed by atoms with van der Waals surface area (Å²) in [6.07, 6.45) is 0. The first-order valence-electron chi connectivity index (χ1n) is 7.40. The normalized spacial score (nSPS) is 10.6. The van der Waals surface area contributed by atoms with Crippen molar-refractivity contribution in [3.63, 3.8) is 0 Å². The second-order valence-corrected chi connectivity index (χ2v) is 5.41. The van der Waals surface area contributed by atoms with Crippen LogP contribution < -0.4 is 5.32 Å². The zero-order chi connectivity index (χ0) is 18.0. The van der Waals surface area contributed by atoms with Gasteiger partial charge in [0, 0.05) is 16.6 Å². The minimum Gasteiger partial charge on any atom is -0.478 e. The Kier molecular flexibility index (Phi) is 4.21. The van der Waals surface area contributed by atoms with E-state index in [1.165, 1.54) is 28.8 Å². The lowest BCUT2D eigenvalue weighted by molar-refractivity contribution is -0.116. The van der Waals surface area contributed by atoms with Gasteiger partial charge in [0.1, 0.15) is 12.2 Å². The molecule has 3 aromatic rings. The third-order valence-electron chi connectivity index (χ3n) is 3.72. The number of anilines is 1. The molecule has 1 amide bonds. The quantitative estimate of drug-likeness (QED) is 0.663. The summed E-state index contributed by atoms with van der Waals surface area (Å²) >= 11 is 0. The Morgan fingerprint density at radius 2 is 1.68 bits per heavy atom. The standard InChI is InChI=1S/C18H14N2O5/c21-16(19-13-6-3-5-12(8-13)17(22)23)10-20-14-7-2-1-4-11(14)9-15(20)18(24)25/h1-9H,10H2,(H,19,21)(H,22,23)(H,24,25). The van der Waals surface area contributed by atoms with Gasteiger partial charge >= 0.3 is 11.9 Å². The monoisotopic (exact) mass is 338 g/mol. The smallest absolute Gasteiger partial charge is 0.352 e. The zero-order valence-corrected chi connectivity index (χ0v) is 13.0. The van der Waals surface area contributed by atoms with Crippen molar-refractivity contribution in [1.29, 1.82) is 0 Å². The van der Waals surface area contributed by atoms with Gasteiger partial charge in [-0.1, -0.05) is 24.3 Å². The van der Waals surface area contributed by atoms with E-state index in [0.717, 1.165) is 5.39 Å². The van der Waals surface area contributed by atoms with Crippen LogP contribution in [0.1, 0.15) is 20.8 Å². The third kappa shape index (κ3) is 3.35. The molecule has 126 valence electrons. The molecule has 0 radical (unpaired) electrons. The fourth-order valence-electron chi connectivity index (χ4n) is 2.63. The number of amides is 1. The van der Waals surface area contributed by atoms with Gasteiger partial charge in [0.05, 0.1) is 5.56 Å². The molecule has 1 aromatic heterocycles. The minimum absolute atomic E-state index is 0.00985. The maximum Gasteiger partial charge on any atom is 0.352 e. The molecule has 0 unspecified atom stereocenters. The highest BCUT2D eigenvalue weighted by Crippen LogP contribution is 2.20. The van der Waals surface area contributed by atoms with Gasteiger partial charge < -0.3 is 20.1 Å². The first-order chi connectivity index (χ1) is 12.0. The first-order valence-corrected chi connectivity index (χ1v) is 7.40. The number of hydrogen-bond donors (Lipinski definition) is 3. The molecule has 2 aromatic carbocycles. The van der Waals surface area contributed by atoms with Crippen molar-refractivity contribution in [1.82, 2.24) is 4.57 Å². The summed E-state index contributed by atoms with van der Waals surface area (Å²) in [5.74, 6) is -2.68. The maximum atomic E-state index is 12.3. The van der Waals surface area contributed by atoms with Gasteiger partial charge in [-0.2, -0.15) is 0 Å². The molecule has 3 N–H and O–H groups in total. The van der Waals surface area contributed by atoms with Gasteiger partial charge in [0.25, 0.3) is 0 Å². The molecule has 25 heavy (non-hydrogen) atoms. The van der Waals surface area contributed by atoms with Crippen molar-refractivity contribution in [3.05, 3.63) is 65.9 Å². The van der Waals surface area contributed by atoms with Crippen LogP contribution >= 0.6 is 0 Å². The van der Waals surface area contributed by atoms with Crippen LogP contribution in [0.4, 0.5) is 5.69 Å². The second kappa shape index (κ2) is 6.48. The summed E-state index contributed by atoms with van der Waals surface area (Å²) in [7, 11) is 0. The highest BCUT2D eigenvalue weighted by molar-refractivity contribution is 5.98. The Balaban J connectivity index is 1.87. The average Bonchev–Trinajstić information content (AvgIpc) is 2.94. The van der Waals surface area contributed by atoms with E-state index in [4.69, 9.17) is 5.11 Å². The SMILES string of the molecule is O=C(Cn1c(C(=O)O)cc2ccccc21)Nc1cccc(C(=O)O)c1. The molecule has 0 spiro atoms. The number of aromatic nitrogens is 1. The van der Waals surface area contributed by atoms with E-state index in [-0.39, 0.29) is 17.8 Å². The van der Waals surface area contributed by atoms with E-state index in [1.807, 2.05) is 0 Å². The number of benzene rings is 2. The van der Waals surface area contributed by atoms with Crippen LogP contribution in [0, 0.1) is 0 Å². The molecule has 0 bridgehead atoms. The number of fused-ring (bicyclic) bond motifs is 1. The number of carbonyl (C=O) groups is 3. The van der Waals surface area contributed by atoms with Crippen molar-refractivity contribution in [3.8, 4) is 0 Å². The lowest BCUT2D eigenvalue weighted by Crippen LogP contribution is -2.21. The number of nitrogens with one attached hydrogen (secondary N) is 1. The van der Waals surface area contributed by atoms with Gasteiger partial charge in [-0.05, 0) is 30.3 Å². The van der Waals surface area contributed by atoms with Crippen LogP contribution in [0.3, 0.4) is 0 Å². The lowest BCUT2D eigenvalue weighted by Gasteiger charge is -2.10. The first kappa shape index (κ1) is 16.3. The summed E-state index contributed by atoms with van der Waals surface area (Å²) in [6, 6.07) is 14.4. The number of rotatable bonds is 5. The van der Waals surface area contributed by atoms with E-state index >= 15 is 0 Å². The Morgan fingerprint density at radius 1 is 0.920 bits per heavy atom. The topological polar surface area (TPSA) is 109 Å². The number of nitrogens with zero attached hydrogens (tertiary/aromatic N) is 1. The molecule has 7 heteroatoms. The van der Waals surface area contributed by atoms with Crippen LogP contribution in [-0.4, -0.2) is 32.6 Å². The Labute approximate surface area is 142 Å². The van der Waals surface area contributed by atoms with Gasteiger partial charge in [-0.15, -0.1) is 0 Å². The van der Waals surface area contributed by atoms with E-state index in [0.29, 0.717) is 11.2 Å². The predicted octanol–water partition coefficient (Wildman–Crippen LogP) is 2.68. The van der Waals surface area contributed by atoms with E-state index in [9.17, 15) is 19.5 Å². The van der Waals surface area contributed by atoms with Crippen LogP contribution in [0.15, 0.2) is 54.6 Å². The van der Waals surface area contributed by atoms with Crippen molar-refractivity contribution < 1.29 is 24.6 Å². The largest absolute Gasteiger partial charge is 0.478 e. The molecule has 0 saturated heterocycles. The summed E-state index contributed by atoms with van der Waals surface area (Å²) in [5.41, 5.74) is 1.03. The summed E-state index contributed by atoms with van der Waals surface area (Å²) in [4.78, 5) is 34.7. The van der Waals surface area contributed by atoms with Gasteiger partial charge in [-0.3, -0.25) is 4.79 Å². The fraction of sp³-hybridized carbons (Fsp3) is 0.0556. The molecule has 7 nitrogen and oxygen atoms in total. The van der Waals surface area contributed by atoms with E-state index in [1.54, 1.807) is 30.3 Å². The fourth-order valence-corrected chi connectivity index (χ4v) is 2.63. The van der Waals surface area contributed by atoms with Crippen LogP contribution in [0.5, 0.6) is 0 Å². The third-order valence-corrected chi connectivity index (χ3v) is 3.72. The molecule has 0 atom stereocenters. The number of carbonyl (C=O) groups excluding carboxylic acids is 1. The van der Waals surface area contributed by atoms with Crippen molar-refractivity contribution in [2.75, 3.05) is 5.32 Å². The van der Waals surface area contributed by atoms with Gasteiger partial charge in [-0.25, -0.2) is 9.59 Å². The summed E-state index contributed by atoms with van der Waals surface area (Å²) < 4.78 is 1.41. The highest BCUT2D eigenvalue weighted by atomic mass is 16.4. The molecule has 1 heterocycles. The van der Waals surface area contributed by atoms with Crippen molar-refractivity contribution in [2.45, 2.75) is 6.54 Å². The van der Waals surface area contributed by atoms with E-state index < -0.39 is 17.8 Å². The van der Waals surface area contributed by atoms with Crippen molar-refractivity contribution >= 4 is 34.4 Å². The van der Waals surface area contributed by atoms with Gasteiger partial charge in [0.2, 0.25) is 5.91 Å². The van der Waals surface area contributed by atoms with Crippen LogP contribution in [0.25, 0.3) is 10.9 Å². The number of para-hydroxylation sites is 1. The highest BCUT2D eigenvalue weighted by Gasteiger charge is 2.17. The number of carboxylic acids is 2. The molecule has 0 aliphatic rings. The number of hydrogen-bond acceptors (Lipinski definition) is 3. The number of carboxylic acid groups (broad SMARTS) is 2. The molecule has 0 aliphatic carbocycles. The lowest BCUT2D eigenvalue weighted by atomic mass is 10.2. The maximum absolute atomic E-state index is 12.3. The molecule has 0 saturated carbocycles. The molecule has 0 fully saturated rings. The zero-order valence-electron chi connectivity index (χ0n) is 13.0. The molecule has 3 rings (SSSR count). The summed E-state index contributed by atoms with van der Waals surface area (Å²) in [5, 5.41) is 21.6. The van der Waals surface area contributed by atoms with Crippen LogP contribution in [0.2, 0.25) is 0 Å². The summed E-state index contributed by atoms with van der Waals surface area (Å²) in [6.45, 7) is -0.202. The predicted molar refractivity (Wildman–Crippen MR) is 90.9 cm³/mol. The molecular weight excluding hydrogens is 324 g/mol. The van der Waals surface area contributed by atoms with Gasteiger partial charge in [0.15, 0.2) is 0 Å². The van der Waals surface area contributed by atoms with Crippen LogP contribution in [-0.2, 0) is 11.3 Å². The Morgan fingerprint density at radius 3 is 2.40 bits per heavy atom. The second-order valence-electron chi connectivity index (χ2n) is 5.41. The molecule has 0 aliphatic heterocycles. The van der Waals surface area contributed by atoms with Crippen molar-refractivity contribution in [2.24, 2.45) is 0 Å². The Bertz CT molecular complexity index is 990. The molecular formula is C18H14N2O5. The number of aromatic carboxylic acids is 2. The minimum atomic E-state index is -1.13. The Hall–Kier alpha value is -3.61. The van der Waals surface area contributed by atoms with E-state index in [2.05, 4.69) is 5.32 Å².